The molecule has 5 aliphatic carbocycles. The second kappa shape index (κ2) is 15.6. The number of benzene rings is 1. The van der Waals surface area contributed by atoms with Crippen LogP contribution in [0.4, 0.5) is 0 Å². The number of hydrogen-bond donors (Lipinski definition) is 0. The Labute approximate surface area is 240 Å². The van der Waals surface area contributed by atoms with E-state index in [0.717, 1.165) is 55.3 Å². The zero-order valence-electron chi connectivity index (χ0n) is 25.0. The van der Waals surface area contributed by atoms with Crippen molar-refractivity contribution in [2.75, 3.05) is 0 Å². The minimum Gasteiger partial charge on any atom is -0.462 e. The largest absolute Gasteiger partial charge is 0.462 e. The van der Waals surface area contributed by atoms with Crippen molar-refractivity contribution in [3.8, 4) is 0 Å². The van der Waals surface area contributed by atoms with E-state index in [4.69, 9.17) is 4.74 Å². The second-order valence-corrected chi connectivity index (χ2v) is 14.1. The summed E-state index contributed by atoms with van der Waals surface area (Å²) in [6.07, 6.45) is 31.6. The summed E-state index contributed by atoms with van der Waals surface area (Å²) in [6.45, 7) is 0. The van der Waals surface area contributed by atoms with Crippen LogP contribution in [0.3, 0.4) is 0 Å². The van der Waals surface area contributed by atoms with Crippen LogP contribution in [0, 0.1) is 29.6 Å². The Bertz CT molecular complexity index is 799. The summed E-state index contributed by atoms with van der Waals surface area (Å²) >= 11 is 0. The predicted octanol–water partition coefficient (Wildman–Crippen LogP) is 10.8. The monoisotopic (exact) mass is 534 g/mol. The average molecular weight is 535 g/mol. The highest BCUT2D eigenvalue weighted by Gasteiger charge is 2.33. The number of rotatable bonds is 5. The molecule has 2 nitrogen and oxygen atoms in total. The molecule has 6 rings (SSSR count). The molecule has 39 heavy (non-hydrogen) atoms. The lowest BCUT2D eigenvalue weighted by atomic mass is 9.70. The van der Waals surface area contributed by atoms with Gasteiger partial charge in [-0.25, -0.2) is 0 Å². The molecule has 0 heterocycles. The van der Waals surface area contributed by atoms with Gasteiger partial charge in [-0.15, -0.1) is 0 Å². The highest BCUT2D eigenvalue weighted by atomic mass is 16.5. The topological polar surface area (TPSA) is 26.3 Å². The number of carbonyl (C=O) groups excluding carboxylic acids is 1. The van der Waals surface area contributed by atoms with Gasteiger partial charge in [0.25, 0.3) is 0 Å². The Morgan fingerprint density at radius 1 is 0.487 bits per heavy atom. The van der Waals surface area contributed by atoms with Gasteiger partial charge in [-0.2, -0.15) is 0 Å². The third-order valence-electron chi connectivity index (χ3n) is 11.6. The molecule has 1 aromatic rings. The van der Waals surface area contributed by atoms with Crippen LogP contribution in [0.2, 0.25) is 0 Å². The fraction of sp³-hybridized carbons (Fsp3) is 0.811. The average Bonchev–Trinajstić information content (AvgIpc) is 3.03. The Morgan fingerprint density at radius 2 is 0.923 bits per heavy atom. The molecule has 5 aliphatic rings. The highest BCUT2D eigenvalue weighted by molar-refractivity contribution is 5.72. The van der Waals surface area contributed by atoms with E-state index in [9.17, 15) is 4.79 Å². The van der Waals surface area contributed by atoms with E-state index in [2.05, 4.69) is 30.3 Å². The minimum atomic E-state index is 0.129. The smallest absolute Gasteiger partial charge is 0.309 e. The highest BCUT2D eigenvalue weighted by Crippen LogP contribution is 2.43. The fourth-order valence-corrected chi connectivity index (χ4v) is 9.13. The summed E-state index contributed by atoms with van der Waals surface area (Å²) < 4.78 is 5.77. The molecular weight excluding hydrogens is 476 g/mol. The Morgan fingerprint density at radius 3 is 1.44 bits per heavy atom. The van der Waals surface area contributed by atoms with E-state index >= 15 is 0 Å². The van der Waals surface area contributed by atoms with Crippen molar-refractivity contribution in [3.63, 3.8) is 0 Å². The summed E-state index contributed by atoms with van der Waals surface area (Å²) in [7, 11) is 0. The van der Waals surface area contributed by atoms with Crippen LogP contribution < -0.4 is 0 Å². The van der Waals surface area contributed by atoms with Crippen molar-refractivity contribution >= 4 is 5.97 Å². The Balaban J connectivity index is 0.000000160. The second-order valence-electron chi connectivity index (χ2n) is 14.1. The van der Waals surface area contributed by atoms with Gasteiger partial charge in [-0.3, -0.25) is 4.79 Å². The molecule has 0 aliphatic heterocycles. The van der Waals surface area contributed by atoms with Crippen LogP contribution in [0.25, 0.3) is 0 Å². The molecular formula is C37H58O2. The standard InChI is InChI=1S/C19H32O2.C18H26/c20-19(21-18-9-5-2-6-10-18)17-13-11-16(12-14-17)15-7-3-1-4-8-15;1-3-7-15(8-4-1)17-11-13-18(14-12-17)16-9-5-2-6-10-16/h15-18H,1-14H2;1,3-4,7-8,16-18H,2,5-6,9-14H2. The zero-order valence-corrected chi connectivity index (χ0v) is 25.0. The Kier molecular flexibility index (Phi) is 11.7. The van der Waals surface area contributed by atoms with Gasteiger partial charge in [0.1, 0.15) is 6.10 Å². The molecule has 1 aromatic carbocycles. The first kappa shape index (κ1) is 29.2. The van der Waals surface area contributed by atoms with Crippen molar-refractivity contribution < 1.29 is 9.53 Å². The van der Waals surface area contributed by atoms with Crippen LogP contribution in [0.15, 0.2) is 30.3 Å². The first-order valence-corrected chi connectivity index (χ1v) is 17.5. The molecule has 0 aromatic heterocycles. The van der Waals surface area contributed by atoms with Crippen LogP contribution in [-0.4, -0.2) is 12.1 Å². The van der Waals surface area contributed by atoms with Gasteiger partial charge in [-0.1, -0.05) is 101 Å². The van der Waals surface area contributed by atoms with E-state index in [1.165, 1.54) is 122 Å². The van der Waals surface area contributed by atoms with E-state index in [-0.39, 0.29) is 18.0 Å². The first-order valence-electron chi connectivity index (χ1n) is 17.5. The van der Waals surface area contributed by atoms with Gasteiger partial charge < -0.3 is 4.74 Å². The molecule has 5 fully saturated rings. The summed E-state index contributed by atoms with van der Waals surface area (Å²) in [5, 5.41) is 0. The van der Waals surface area contributed by atoms with Crippen LogP contribution in [0.1, 0.15) is 159 Å². The summed E-state index contributed by atoms with van der Waals surface area (Å²) in [4.78, 5) is 12.3. The van der Waals surface area contributed by atoms with E-state index in [1.54, 1.807) is 5.56 Å². The third kappa shape index (κ3) is 8.84. The number of hydrogen-bond acceptors (Lipinski definition) is 2. The maximum absolute atomic E-state index is 12.3. The van der Waals surface area contributed by atoms with Crippen molar-refractivity contribution in [2.45, 2.75) is 160 Å². The molecule has 0 unspecified atom stereocenters. The van der Waals surface area contributed by atoms with Crippen molar-refractivity contribution in [1.29, 1.82) is 0 Å². The molecule has 0 spiro atoms. The van der Waals surface area contributed by atoms with Crippen molar-refractivity contribution in [3.05, 3.63) is 35.9 Å². The summed E-state index contributed by atoms with van der Waals surface area (Å²) in [5.41, 5.74) is 1.58. The zero-order chi connectivity index (χ0) is 26.7. The van der Waals surface area contributed by atoms with Crippen LogP contribution in [0.5, 0.6) is 0 Å². The lowest BCUT2D eigenvalue weighted by Gasteiger charge is -2.36. The van der Waals surface area contributed by atoms with Crippen LogP contribution in [-0.2, 0) is 9.53 Å². The molecule has 0 amide bonds. The van der Waals surface area contributed by atoms with Gasteiger partial charge in [0, 0.05) is 0 Å². The van der Waals surface area contributed by atoms with E-state index in [0.29, 0.717) is 0 Å². The molecule has 5 saturated carbocycles. The molecule has 0 N–H and O–H groups in total. The van der Waals surface area contributed by atoms with Gasteiger partial charge in [-0.05, 0) is 112 Å². The maximum atomic E-state index is 12.3. The lowest BCUT2D eigenvalue weighted by molar-refractivity contribution is -0.157. The maximum Gasteiger partial charge on any atom is 0.309 e. The fourth-order valence-electron chi connectivity index (χ4n) is 9.13. The number of carbonyl (C=O) groups is 1. The molecule has 0 saturated heterocycles. The molecule has 0 atom stereocenters. The molecule has 218 valence electrons. The van der Waals surface area contributed by atoms with Gasteiger partial charge >= 0.3 is 5.97 Å². The summed E-state index contributed by atoms with van der Waals surface area (Å²) in [6, 6.07) is 11.2. The van der Waals surface area contributed by atoms with E-state index < -0.39 is 0 Å². The first-order chi connectivity index (χ1) is 19.3. The molecule has 0 radical (unpaired) electrons. The number of ether oxygens (including phenoxy) is 1. The quantitative estimate of drug-likeness (QED) is 0.351. The third-order valence-corrected chi connectivity index (χ3v) is 11.6. The van der Waals surface area contributed by atoms with Crippen molar-refractivity contribution in [2.24, 2.45) is 29.6 Å². The van der Waals surface area contributed by atoms with Gasteiger partial charge in [0.05, 0.1) is 5.92 Å². The molecule has 0 bridgehead atoms. The van der Waals surface area contributed by atoms with Crippen molar-refractivity contribution in [1.82, 2.24) is 0 Å². The van der Waals surface area contributed by atoms with Crippen LogP contribution >= 0.6 is 0 Å². The van der Waals surface area contributed by atoms with E-state index in [1.807, 2.05) is 0 Å². The minimum absolute atomic E-state index is 0.129. The van der Waals surface area contributed by atoms with Gasteiger partial charge in [0.15, 0.2) is 0 Å². The van der Waals surface area contributed by atoms with Gasteiger partial charge in [0.2, 0.25) is 0 Å². The predicted molar refractivity (Wildman–Crippen MR) is 163 cm³/mol. The summed E-state index contributed by atoms with van der Waals surface area (Å²) in [5.74, 6) is 5.21. The Hall–Kier alpha value is -1.31. The lowest BCUT2D eigenvalue weighted by Crippen LogP contribution is -2.30. The molecule has 2 heteroatoms. The normalized spacial score (nSPS) is 31.6. The number of esters is 1. The SMILES string of the molecule is O=C(OC1CCCCC1)C1CCC(C2CCCCC2)CC1.c1ccc(C2CCC(C3CCCCC3)CC2)cc1.